The van der Waals surface area contributed by atoms with Gasteiger partial charge in [-0.15, -0.1) is 0 Å². The molecule has 1 heterocycles. The van der Waals surface area contributed by atoms with Gasteiger partial charge in [-0.05, 0) is 22.3 Å². The van der Waals surface area contributed by atoms with Crippen LogP contribution in [0.2, 0.25) is 0 Å². The summed E-state index contributed by atoms with van der Waals surface area (Å²) in [6, 6.07) is 39.7. The number of ether oxygens (including phenoxy) is 5. The van der Waals surface area contributed by atoms with Gasteiger partial charge in [0.1, 0.15) is 30.5 Å². The second kappa shape index (κ2) is 15.4. The predicted molar refractivity (Wildman–Crippen MR) is 156 cm³/mol. The van der Waals surface area contributed by atoms with Gasteiger partial charge in [-0.3, -0.25) is 0 Å². The van der Waals surface area contributed by atoms with E-state index in [-0.39, 0.29) is 6.61 Å². The van der Waals surface area contributed by atoms with Crippen LogP contribution >= 0.6 is 0 Å². The maximum absolute atomic E-state index is 12.4. The zero-order chi connectivity index (χ0) is 28.1. The van der Waals surface area contributed by atoms with E-state index in [1.165, 1.54) is 0 Å². The first-order valence-corrected chi connectivity index (χ1v) is 14.0. The number of rotatable bonds is 14. The fourth-order valence-corrected chi connectivity index (χ4v) is 4.93. The van der Waals surface area contributed by atoms with E-state index >= 15 is 0 Å². The zero-order valence-electron chi connectivity index (χ0n) is 23.0. The lowest BCUT2D eigenvalue weighted by atomic mass is 9.94. The Morgan fingerprint density at radius 3 is 1.34 bits per heavy atom. The van der Waals surface area contributed by atoms with Crippen molar-refractivity contribution in [1.29, 1.82) is 0 Å². The van der Waals surface area contributed by atoms with Gasteiger partial charge >= 0.3 is 0 Å². The Labute approximate surface area is 241 Å². The molecule has 4 aromatic carbocycles. The van der Waals surface area contributed by atoms with E-state index in [4.69, 9.17) is 23.7 Å². The number of carbonyl (C=O) groups is 1. The Hall–Kier alpha value is -3.65. The van der Waals surface area contributed by atoms with Crippen LogP contribution in [0, 0.1) is 0 Å². The first-order valence-electron chi connectivity index (χ1n) is 14.0. The van der Waals surface area contributed by atoms with Crippen molar-refractivity contribution in [2.24, 2.45) is 0 Å². The minimum absolute atomic E-state index is 0.231. The maximum atomic E-state index is 12.4. The van der Waals surface area contributed by atoms with Crippen LogP contribution in [0.4, 0.5) is 0 Å². The molecule has 0 unspecified atom stereocenters. The Morgan fingerprint density at radius 1 is 0.512 bits per heavy atom. The van der Waals surface area contributed by atoms with E-state index in [1.807, 2.05) is 121 Å². The summed E-state index contributed by atoms with van der Waals surface area (Å²) in [6.45, 7) is 1.65. The van der Waals surface area contributed by atoms with Crippen molar-refractivity contribution in [3.8, 4) is 0 Å². The van der Waals surface area contributed by atoms with Gasteiger partial charge in [0.2, 0.25) is 0 Å². The van der Waals surface area contributed by atoms with E-state index in [0.717, 1.165) is 28.5 Å². The molecule has 6 nitrogen and oxygen atoms in total. The SMILES string of the molecule is O=C[C@H]1O[C@H](COCc2ccccc2)[C@@H](OCc2ccccc2)[C@H](OCc2ccccc2)[C@H]1OCc1ccccc1. The first kappa shape index (κ1) is 28.9. The van der Waals surface area contributed by atoms with Gasteiger partial charge in [0.15, 0.2) is 6.29 Å². The minimum Gasteiger partial charge on any atom is -0.374 e. The van der Waals surface area contributed by atoms with E-state index in [1.54, 1.807) is 0 Å². The van der Waals surface area contributed by atoms with Gasteiger partial charge in [-0.25, -0.2) is 0 Å². The highest BCUT2D eigenvalue weighted by Gasteiger charge is 2.48. The number of hydrogen-bond acceptors (Lipinski definition) is 6. The summed E-state index contributed by atoms with van der Waals surface area (Å²) in [6.07, 6.45) is -2.41. The third kappa shape index (κ3) is 8.43. The average molecular weight is 553 g/mol. The van der Waals surface area contributed by atoms with E-state index in [0.29, 0.717) is 26.4 Å². The summed E-state index contributed by atoms with van der Waals surface area (Å²) in [5.41, 5.74) is 4.09. The number of hydrogen-bond donors (Lipinski definition) is 0. The molecule has 5 rings (SSSR count). The van der Waals surface area contributed by atoms with E-state index < -0.39 is 30.5 Å². The zero-order valence-corrected chi connectivity index (χ0v) is 23.0. The molecule has 41 heavy (non-hydrogen) atoms. The van der Waals surface area contributed by atoms with Crippen LogP contribution in [-0.4, -0.2) is 43.4 Å². The quantitative estimate of drug-likeness (QED) is 0.181. The molecule has 0 aliphatic carbocycles. The molecule has 1 fully saturated rings. The molecule has 0 saturated carbocycles. The fourth-order valence-electron chi connectivity index (χ4n) is 4.93. The molecule has 4 aromatic rings. The maximum Gasteiger partial charge on any atom is 0.151 e. The Bertz CT molecular complexity index is 1290. The standard InChI is InChI=1S/C35H36O6/c36-21-31-33(38-23-28-15-7-2-8-16-28)35(40-25-30-19-11-4-12-20-30)34(39-24-29-17-9-3-10-18-29)32(41-31)26-37-22-27-13-5-1-6-14-27/h1-21,31-35H,22-26H2/t31-,32-,33+,34-,35-/m1/s1. The molecule has 212 valence electrons. The Kier molecular flexibility index (Phi) is 10.8. The van der Waals surface area contributed by atoms with Crippen LogP contribution in [0.5, 0.6) is 0 Å². The highest BCUT2D eigenvalue weighted by molar-refractivity contribution is 5.58. The molecule has 0 bridgehead atoms. The lowest BCUT2D eigenvalue weighted by molar-refractivity contribution is -0.264. The van der Waals surface area contributed by atoms with Crippen molar-refractivity contribution in [3.63, 3.8) is 0 Å². The van der Waals surface area contributed by atoms with Crippen LogP contribution in [0.15, 0.2) is 121 Å². The molecular weight excluding hydrogens is 516 g/mol. The first-order chi connectivity index (χ1) is 20.3. The average Bonchev–Trinajstić information content (AvgIpc) is 3.04. The molecule has 1 saturated heterocycles. The molecule has 0 amide bonds. The van der Waals surface area contributed by atoms with Crippen LogP contribution in [0.25, 0.3) is 0 Å². The smallest absolute Gasteiger partial charge is 0.151 e. The Morgan fingerprint density at radius 2 is 0.902 bits per heavy atom. The lowest BCUT2D eigenvalue weighted by Crippen LogP contribution is -2.61. The van der Waals surface area contributed by atoms with Crippen LogP contribution in [-0.2, 0) is 54.9 Å². The largest absolute Gasteiger partial charge is 0.374 e. The summed E-state index contributed by atoms with van der Waals surface area (Å²) >= 11 is 0. The van der Waals surface area contributed by atoms with Crippen molar-refractivity contribution in [2.45, 2.75) is 56.9 Å². The molecule has 0 aromatic heterocycles. The molecule has 1 aliphatic rings. The van der Waals surface area contributed by atoms with Gasteiger partial charge in [0.25, 0.3) is 0 Å². The van der Waals surface area contributed by atoms with Crippen molar-refractivity contribution in [3.05, 3.63) is 144 Å². The van der Waals surface area contributed by atoms with Crippen molar-refractivity contribution in [1.82, 2.24) is 0 Å². The van der Waals surface area contributed by atoms with Crippen LogP contribution in [0.3, 0.4) is 0 Å². The second-order valence-corrected chi connectivity index (χ2v) is 10.1. The summed E-state index contributed by atoms with van der Waals surface area (Å²) in [5.74, 6) is 0. The molecule has 0 radical (unpaired) electrons. The number of aldehydes is 1. The molecular formula is C35H36O6. The highest BCUT2D eigenvalue weighted by atomic mass is 16.6. The van der Waals surface area contributed by atoms with Crippen molar-refractivity contribution in [2.75, 3.05) is 6.61 Å². The summed E-state index contributed by atoms with van der Waals surface area (Å²) in [4.78, 5) is 12.4. The van der Waals surface area contributed by atoms with Crippen LogP contribution in [0.1, 0.15) is 22.3 Å². The van der Waals surface area contributed by atoms with Gasteiger partial charge in [-0.2, -0.15) is 0 Å². The minimum atomic E-state index is -0.846. The summed E-state index contributed by atoms with van der Waals surface area (Å²) in [5, 5.41) is 0. The number of benzene rings is 4. The third-order valence-corrected chi connectivity index (χ3v) is 7.05. The lowest BCUT2D eigenvalue weighted by Gasteiger charge is -2.44. The summed E-state index contributed by atoms with van der Waals surface area (Å²) < 4.78 is 31.9. The van der Waals surface area contributed by atoms with E-state index in [9.17, 15) is 4.79 Å². The predicted octanol–water partition coefficient (Wildman–Crippen LogP) is 5.93. The summed E-state index contributed by atoms with van der Waals surface area (Å²) in [7, 11) is 0. The van der Waals surface area contributed by atoms with Crippen molar-refractivity contribution < 1.29 is 28.5 Å². The molecule has 0 N–H and O–H groups in total. The van der Waals surface area contributed by atoms with Gasteiger partial charge in [-0.1, -0.05) is 121 Å². The highest BCUT2D eigenvalue weighted by Crippen LogP contribution is 2.30. The van der Waals surface area contributed by atoms with Gasteiger partial charge in [0, 0.05) is 0 Å². The molecule has 6 heteroatoms. The van der Waals surface area contributed by atoms with Crippen LogP contribution < -0.4 is 0 Å². The van der Waals surface area contributed by atoms with E-state index in [2.05, 4.69) is 0 Å². The van der Waals surface area contributed by atoms with Crippen molar-refractivity contribution >= 4 is 6.29 Å². The molecule has 1 aliphatic heterocycles. The molecule has 5 atom stereocenters. The third-order valence-electron chi connectivity index (χ3n) is 7.05. The monoisotopic (exact) mass is 552 g/mol. The van der Waals surface area contributed by atoms with Gasteiger partial charge < -0.3 is 28.5 Å². The molecule has 0 spiro atoms. The number of carbonyl (C=O) groups excluding carboxylic acids is 1. The Balaban J connectivity index is 1.39. The second-order valence-electron chi connectivity index (χ2n) is 10.1. The van der Waals surface area contributed by atoms with Gasteiger partial charge in [0.05, 0.1) is 33.0 Å². The fraction of sp³-hybridized carbons (Fsp3) is 0.286. The normalized spacial score (nSPS) is 22.3. The topological polar surface area (TPSA) is 63.2 Å².